The molecule has 0 unspecified atom stereocenters. The molecule has 8 heteroatoms. The van der Waals surface area contributed by atoms with Crippen LogP contribution in [0.15, 0.2) is 34.9 Å². The molecular weight excluding hydrogens is 350 g/mol. The molecule has 0 spiro atoms. The first-order valence-corrected chi connectivity index (χ1v) is 12.1. The van der Waals surface area contributed by atoms with Crippen molar-refractivity contribution in [1.82, 2.24) is 20.3 Å². The molecule has 0 atom stereocenters. The number of thiocarbonyl (C=S) groups is 1. The molecule has 6 nitrogen and oxygen atoms in total. The highest BCUT2D eigenvalue weighted by Crippen LogP contribution is 2.20. The summed E-state index contributed by atoms with van der Waals surface area (Å²) in [5.74, 6) is 1.35. The first kappa shape index (κ1) is 17.5. The monoisotopic (exact) mass is 371 g/mol. The fourth-order valence-electron chi connectivity index (χ4n) is 2.29. The molecule has 3 heterocycles. The Morgan fingerprint density at radius 3 is 2.64 bits per heavy atom. The molecule has 0 fully saturated rings. The van der Waals surface area contributed by atoms with Crippen LogP contribution in [0.5, 0.6) is 0 Å². The second-order valence-electron chi connectivity index (χ2n) is 6.69. The molecule has 0 aliphatic rings. The van der Waals surface area contributed by atoms with Crippen molar-refractivity contribution in [2.24, 2.45) is 0 Å². The van der Waals surface area contributed by atoms with E-state index in [4.69, 9.17) is 16.6 Å². The van der Waals surface area contributed by atoms with Crippen molar-refractivity contribution in [2.45, 2.75) is 26.6 Å². The molecule has 3 rings (SSSR count). The average molecular weight is 372 g/mol. The molecular formula is C17H21N5OSSi. The molecule has 3 aromatic heterocycles. The maximum Gasteiger partial charge on any atom is 0.180 e. The average Bonchev–Trinajstić information content (AvgIpc) is 3.04. The number of hydrogen-bond acceptors (Lipinski definition) is 5. The van der Waals surface area contributed by atoms with Gasteiger partial charge in [-0.2, -0.15) is 0 Å². The SMILES string of the molecule is CCNC(=S)Nc1ccc2ncc(-c3ccc([Si](C)(C)C)o3)nc2n1. The number of pyridine rings is 1. The van der Waals surface area contributed by atoms with Crippen LogP contribution in [0.25, 0.3) is 22.6 Å². The van der Waals surface area contributed by atoms with Crippen molar-refractivity contribution in [3.63, 3.8) is 0 Å². The van der Waals surface area contributed by atoms with Gasteiger partial charge in [0.15, 0.2) is 16.5 Å². The second kappa shape index (κ2) is 6.89. The van der Waals surface area contributed by atoms with E-state index >= 15 is 0 Å². The van der Waals surface area contributed by atoms with E-state index < -0.39 is 8.07 Å². The number of furan rings is 1. The van der Waals surface area contributed by atoms with Crippen molar-refractivity contribution in [1.29, 1.82) is 0 Å². The lowest BCUT2D eigenvalue weighted by Crippen LogP contribution is -2.36. The van der Waals surface area contributed by atoms with Gasteiger partial charge >= 0.3 is 0 Å². The maximum atomic E-state index is 5.99. The number of fused-ring (bicyclic) bond motifs is 1. The molecule has 0 saturated carbocycles. The molecule has 0 bridgehead atoms. The Labute approximate surface area is 153 Å². The predicted octanol–water partition coefficient (Wildman–Crippen LogP) is 3.14. The number of aromatic nitrogens is 3. The zero-order chi connectivity index (χ0) is 18.0. The van der Waals surface area contributed by atoms with E-state index in [1.54, 1.807) is 6.20 Å². The molecule has 0 radical (unpaired) electrons. The zero-order valence-corrected chi connectivity index (χ0v) is 16.6. The first-order chi connectivity index (χ1) is 11.9. The minimum atomic E-state index is -1.50. The van der Waals surface area contributed by atoms with Crippen LogP contribution in [-0.2, 0) is 0 Å². The molecule has 2 N–H and O–H groups in total. The van der Waals surface area contributed by atoms with Crippen molar-refractivity contribution >= 4 is 47.8 Å². The summed E-state index contributed by atoms with van der Waals surface area (Å²) in [5.41, 5.74) is 1.95. The number of hydrogen-bond donors (Lipinski definition) is 2. The lowest BCUT2D eigenvalue weighted by Gasteiger charge is -2.11. The lowest BCUT2D eigenvalue weighted by molar-refractivity contribution is 0.610. The highest BCUT2D eigenvalue weighted by atomic mass is 32.1. The molecule has 25 heavy (non-hydrogen) atoms. The maximum absolute atomic E-state index is 5.99. The number of anilines is 1. The van der Waals surface area contributed by atoms with Gasteiger partial charge in [0, 0.05) is 6.54 Å². The normalized spacial score (nSPS) is 11.5. The summed E-state index contributed by atoms with van der Waals surface area (Å²) in [6, 6.07) is 7.68. The minimum Gasteiger partial charge on any atom is -0.465 e. The van der Waals surface area contributed by atoms with Crippen molar-refractivity contribution in [3.05, 3.63) is 30.5 Å². The van der Waals surface area contributed by atoms with Crippen LogP contribution in [0.1, 0.15) is 6.92 Å². The Kier molecular flexibility index (Phi) is 4.82. The van der Waals surface area contributed by atoms with Gasteiger partial charge in [-0.3, -0.25) is 4.98 Å². The number of rotatable bonds is 4. The summed E-state index contributed by atoms with van der Waals surface area (Å²) in [5, 5.41) is 7.65. The van der Waals surface area contributed by atoms with Crippen LogP contribution < -0.4 is 16.0 Å². The van der Waals surface area contributed by atoms with E-state index in [0.717, 1.165) is 23.2 Å². The summed E-state index contributed by atoms with van der Waals surface area (Å²) in [6.45, 7) is 9.47. The Hall–Kier alpha value is -2.32. The third-order valence-electron chi connectivity index (χ3n) is 3.58. The van der Waals surface area contributed by atoms with Gasteiger partial charge in [-0.1, -0.05) is 19.6 Å². The van der Waals surface area contributed by atoms with Gasteiger partial charge in [-0.15, -0.1) is 0 Å². The molecule has 0 aliphatic heterocycles. The number of nitrogens with one attached hydrogen (secondary N) is 2. The molecule has 0 saturated heterocycles. The van der Waals surface area contributed by atoms with Crippen molar-refractivity contribution < 1.29 is 4.42 Å². The molecule has 0 aliphatic carbocycles. The lowest BCUT2D eigenvalue weighted by atomic mass is 10.3. The smallest absolute Gasteiger partial charge is 0.180 e. The van der Waals surface area contributed by atoms with Crippen molar-refractivity contribution in [3.8, 4) is 11.5 Å². The third kappa shape index (κ3) is 4.02. The van der Waals surface area contributed by atoms with E-state index in [0.29, 0.717) is 22.3 Å². The van der Waals surface area contributed by atoms with Gasteiger partial charge in [0.2, 0.25) is 0 Å². The quantitative estimate of drug-likeness (QED) is 0.539. The largest absolute Gasteiger partial charge is 0.465 e. The van der Waals surface area contributed by atoms with E-state index in [1.807, 2.05) is 31.2 Å². The minimum absolute atomic E-state index is 0.532. The van der Waals surface area contributed by atoms with E-state index in [-0.39, 0.29) is 0 Å². The summed E-state index contributed by atoms with van der Waals surface area (Å²) in [7, 11) is -1.50. The Morgan fingerprint density at radius 1 is 1.16 bits per heavy atom. The van der Waals surface area contributed by atoms with Gasteiger partial charge in [-0.25, -0.2) is 9.97 Å². The summed E-state index contributed by atoms with van der Waals surface area (Å²) in [4.78, 5) is 13.5. The van der Waals surface area contributed by atoms with Crippen LogP contribution in [0, 0.1) is 0 Å². The molecule has 0 aromatic carbocycles. The zero-order valence-electron chi connectivity index (χ0n) is 14.8. The van der Waals surface area contributed by atoms with Crippen LogP contribution in [0.4, 0.5) is 5.82 Å². The van der Waals surface area contributed by atoms with Gasteiger partial charge in [0.25, 0.3) is 0 Å². The van der Waals surface area contributed by atoms with Crippen LogP contribution in [0.3, 0.4) is 0 Å². The highest BCUT2D eigenvalue weighted by Gasteiger charge is 2.21. The summed E-state index contributed by atoms with van der Waals surface area (Å²) >= 11 is 5.19. The van der Waals surface area contributed by atoms with E-state index in [1.165, 1.54) is 0 Å². The topological polar surface area (TPSA) is 75.9 Å². The molecule has 0 amide bonds. The molecule has 3 aromatic rings. The van der Waals surface area contributed by atoms with Gasteiger partial charge < -0.3 is 15.1 Å². The van der Waals surface area contributed by atoms with Crippen LogP contribution >= 0.6 is 12.2 Å². The van der Waals surface area contributed by atoms with Gasteiger partial charge in [-0.05, 0) is 43.4 Å². The second-order valence-corrected chi connectivity index (χ2v) is 12.1. The van der Waals surface area contributed by atoms with Crippen molar-refractivity contribution in [2.75, 3.05) is 11.9 Å². The van der Waals surface area contributed by atoms with E-state index in [2.05, 4.69) is 45.2 Å². The standard InChI is InChI=1S/C17H21N5OSSi/c1-5-18-17(24)22-14-8-6-11-16(21-14)20-12(10-19-11)13-7-9-15(23-13)25(2,3)4/h6-10H,5H2,1-4H3,(H2,18,20,21,22,24). The summed E-state index contributed by atoms with van der Waals surface area (Å²) < 4.78 is 5.99. The van der Waals surface area contributed by atoms with E-state index in [9.17, 15) is 0 Å². The predicted molar refractivity (Wildman–Crippen MR) is 108 cm³/mol. The van der Waals surface area contributed by atoms with Gasteiger partial charge in [0.05, 0.1) is 11.6 Å². The Balaban J connectivity index is 1.93. The fourth-order valence-corrected chi connectivity index (χ4v) is 3.53. The summed E-state index contributed by atoms with van der Waals surface area (Å²) in [6.07, 6.45) is 1.72. The van der Waals surface area contributed by atoms with Crippen LogP contribution in [0.2, 0.25) is 19.6 Å². The van der Waals surface area contributed by atoms with Crippen LogP contribution in [-0.4, -0.2) is 34.7 Å². The Bertz CT molecular complexity index is 919. The Morgan fingerprint density at radius 2 is 1.96 bits per heavy atom. The highest BCUT2D eigenvalue weighted by molar-refractivity contribution is 7.80. The third-order valence-corrected chi connectivity index (χ3v) is 5.58. The number of nitrogens with zero attached hydrogens (tertiary/aromatic N) is 3. The first-order valence-electron chi connectivity index (χ1n) is 8.16. The van der Waals surface area contributed by atoms with Gasteiger partial charge in [0.1, 0.15) is 25.1 Å². The molecule has 130 valence electrons. The fraction of sp³-hybridized carbons (Fsp3) is 0.294.